The Balaban J connectivity index is 1.41. The average molecular weight is 492 g/mol. The van der Waals surface area contributed by atoms with Crippen LogP contribution in [0.15, 0.2) is 23.1 Å². The van der Waals surface area contributed by atoms with Gasteiger partial charge in [-0.3, -0.25) is 19.4 Å². The summed E-state index contributed by atoms with van der Waals surface area (Å²) in [5, 5.41) is 3.00. The highest BCUT2D eigenvalue weighted by molar-refractivity contribution is 7.89. The molecule has 0 radical (unpaired) electrons. The van der Waals surface area contributed by atoms with Crippen LogP contribution < -0.4 is 10.2 Å². The predicted octanol–water partition coefficient (Wildman–Crippen LogP) is 0.893. The minimum atomic E-state index is -3.57. The molecule has 1 atom stereocenters. The van der Waals surface area contributed by atoms with E-state index in [-0.39, 0.29) is 16.7 Å². The van der Waals surface area contributed by atoms with Crippen molar-refractivity contribution in [3.63, 3.8) is 0 Å². The zero-order valence-electron chi connectivity index (χ0n) is 20.3. The van der Waals surface area contributed by atoms with Crippen LogP contribution in [0.5, 0.6) is 0 Å². The Kier molecular flexibility index (Phi) is 7.91. The van der Waals surface area contributed by atoms with Gasteiger partial charge in [-0.25, -0.2) is 8.42 Å². The van der Waals surface area contributed by atoms with E-state index in [1.807, 2.05) is 0 Å². The van der Waals surface area contributed by atoms with Gasteiger partial charge in [0.25, 0.3) is 0 Å². The Morgan fingerprint density at radius 2 is 1.68 bits per heavy atom. The summed E-state index contributed by atoms with van der Waals surface area (Å²) in [7, 11) is -3.57. The van der Waals surface area contributed by atoms with E-state index >= 15 is 0 Å². The molecule has 2 amide bonds. The number of sulfonamides is 1. The summed E-state index contributed by atoms with van der Waals surface area (Å²) in [6.07, 6.45) is 3.12. The fourth-order valence-corrected chi connectivity index (χ4v) is 6.79. The van der Waals surface area contributed by atoms with Crippen molar-refractivity contribution in [3.05, 3.63) is 23.8 Å². The lowest BCUT2D eigenvalue weighted by Gasteiger charge is -2.34. The maximum Gasteiger partial charge on any atom is 0.243 e. The fraction of sp³-hybridized carbons (Fsp3) is 0.667. The van der Waals surface area contributed by atoms with E-state index in [0.29, 0.717) is 31.7 Å². The van der Waals surface area contributed by atoms with Gasteiger partial charge >= 0.3 is 0 Å². The number of hydrogen-bond acceptors (Lipinski definition) is 6. The molecule has 2 saturated heterocycles. The van der Waals surface area contributed by atoms with E-state index in [1.165, 1.54) is 11.8 Å². The largest absolute Gasteiger partial charge is 0.353 e. The fourth-order valence-electron chi connectivity index (χ4n) is 5.23. The summed E-state index contributed by atoms with van der Waals surface area (Å²) < 4.78 is 27.8. The molecule has 9 nitrogen and oxygen atoms in total. The molecule has 0 aliphatic carbocycles. The molecule has 0 unspecified atom stereocenters. The lowest BCUT2D eigenvalue weighted by molar-refractivity contribution is -0.125. The van der Waals surface area contributed by atoms with Crippen molar-refractivity contribution in [2.75, 3.05) is 63.8 Å². The Labute approximate surface area is 203 Å². The van der Waals surface area contributed by atoms with Gasteiger partial charge < -0.3 is 10.2 Å². The summed E-state index contributed by atoms with van der Waals surface area (Å²) in [6, 6.07) is 4.23. The highest BCUT2D eigenvalue weighted by Crippen LogP contribution is 2.35. The Bertz CT molecular complexity index is 1000. The molecule has 0 bridgehead atoms. The standard InChI is InChI=1S/C24H37N5O4S/c1-3-26-13-15-27(16-14-26)12-9-25-24(31)23-18-20-17-21(7-8-22(20)29(23)19(2)30)34(32,33)28-10-5-4-6-11-28/h7-8,17,23H,3-6,9-16,18H2,1-2H3,(H,25,31)/t23-/m1/s1. The maximum absolute atomic E-state index is 13.1. The van der Waals surface area contributed by atoms with Crippen molar-refractivity contribution in [1.82, 2.24) is 19.4 Å². The zero-order valence-corrected chi connectivity index (χ0v) is 21.1. The molecular weight excluding hydrogens is 454 g/mol. The van der Waals surface area contributed by atoms with E-state index < -0.39 is 16.1 Å². The summed E-state index contributed by atoms with van der Waals surface area (Å²) in [5.74, 6) is -0.416. The number of likely N-dealkylation sites (N-methyl/N-ethyl adjacent to an activating group) is 1. The zero-order chi connectivity index (χ0) is 24.3. The van der Waals surface area contributed by atoms with Gasteiger partial charge in [0.05, 0.1) is 4.90 Å². The number of rotatable bonds is 7. The first kappa shape index (κ1) is 25.1. The van der Waals surface area contributed by atoms with Crippen molar-refractivity contribution in [1.29, 1.82) is 0 Å². The number of fused-ring (bicyclic) bond motifs is 1. The first-order valence-corrected chi connectivity index (χ1v) is 13.9. The lowest BCUT2D eigenvalue weighted by atomic mass is 10.1. The first-order valence-electron chi connectivity index (χ1n) is 12.5. The monoisotopic (exact) mass is 491 g/mol. The number of piperidine rings is 1. The number of amides is 2. The molecule has 0 aromatic heterocycles. The quantitative estimate of drug-likeness (QED) is 0.609. The van der Waals surface area contributed by atoms with E-state index in [0.717, 1.165) is 64.1 Å². The van der Waals surface area contributed by atoms with Crippen molar-refractivity contribution < 1.29 is 18.0 Å². The van der Waals surface area contributed by atoms with Crippen molar-refractivity contribution in [3.8, 4) is 0 Å². The van der Waals surface area contributed by atoms with Crippen LogP contribution in [0.2, 0.25) is 0 Å². The summed E-state index contributed by atoms with van der Waals surface area (Å²) >= 11 is 0. The molecule has 1 aromatic rings. The average Bonchev–Trinajstić information content (AvgIpc) is 3.24. The second-order valence-electron chi connectivity index (χ2n) is 9.43. The van der Waals surface area contributed by atoms with Gasteiger partial charge in [-0.05, 0) is 43.1 Å². The molecular formula is C24H37N5O4S. The number of benzene rings is 1. The normalized spacial score (nSPS) is 22.5. The molecule has 0 spiro atoms. The van der Waals surface area contributed by atoms with Crippen molar-refractivity contribution in [2.45, 2.75) is 50.5 Å². The molecule has 2 fully saturated rings. The minimum absolute atomic E-state index is 0.195. The number of hydrogen-bond donors (Lipinski definition) is 1. The Morgan fingerprint density at radius 1 is 1.00 bits per heavy atom. The molecule has 34 heavy (non-hydrogen) atoms. The molecule has 4 rings (SSSR count). The third-order valence-corrected chi connectivity index (χ3v) is 9.16. The predicted molar refractivity (Wildman–Crippen MR) is 131 cm³/mol. The Morgan fingerprint density at radius 3 is 2.32 bits per heavy atom. The van der Waals surface area contributed by atoms with Crippen LogP contribution in [0.4, 0.5) is 5.69 Å². The number of nitrogens with zero attached hydrogens (tertiary/aromatic N) is 4. The highest BCUT2D eigenvalue weighted by Gasteiger charge is 2.38. The van der Waals surface area contributed by atoms with Crippen LogP contribution in [0.3, 0.4) is 0 Å². The lowest BCUT2D eigenvalue weighted by Crippen LogP contribution is -2.51. The minimum Gasteiger partial charge on any atom is -0.353 e. The number of piperazine rings is 1. The first-order chi connectivity index (χ1) is 16.3. The van der Waals surface area contributed by atoms with E-state index in [1.54, 1.807) is 22.5 Å². The van der Waals surface area contributed by atoms with Crippen LogP contribution in [0.25, 0.3) is 0 Å². The van der Waals surface area contributed by atoms with Gasteiger partial charge in [0.1, 0.15) is 6.04 Å². The van der Waals surface area contributed by atoms with Gasteiger partial charge in [-0.2, -0.15) is 4.31 Å². The summed E-state index contributed by atoms with van der Waals surface area (Å²) in [5.41, 5.74) is 1.35. The molecule has 10 heteroatoms. The van der Waals surface area contributed by atoms with Crippen LogP contribution in [0, 0.1) is 0 Å². The molecule has 3 heterocycles. The highest BCUT2D eigenvalue weighted by atomic mass is 32.2. The number of carbonyl (C=O) groups is 2. The molecule has 3 aliphatic heterocycles. The van der Waals surface area contributed by atoms with Crippen molar-refractivity contribution >= 4 is 27.5 Å². The van der Waals surface area contributed by atoms with E-state index in [9.17, 15) is 18.0 Å². The van der Waals surface area contributed by atoms with Crippen LogP contribution in [-0.2, 0) is 26.0 Å². The summed E-state index contributed by atoms with van der Waals surface area (Å²) in [6.45, 7) is 11.1. The van der Waals surface area contributed by atoms with Gasteiger partial charge in [-0.15, -0.1) is 0 Å². The Hall–Kier alpha value is -2.01. The second-order valence-corrected chi connectivity index (χ2v) is 11.4. The number of nitrogens with one attached hydrogen (secondary N) is 1. The third-order valence-electron chi connectivity index (χ3n) is 7.27. The molecule has 188 valence electrons. The maximum atomic E-state index is 13.1. The van der Waals surface area contributed by atoms with Gasteiger partial charge in [0.15, 0.2) is 0 Å². The molecule has 0 saturated carbocycles. The number of carbonyl (C=O) groups excluding carboxylic acids is 2. The van der Waals surface area contributed by atoms with Crippen molar-refractivity contribution in [2.24, 2.45) is 0 Å². The van der Waals surface area contributed by atoms with Gasteiger partial charge in [-0.1, -0.05) is 13.3 Å². The van der Waals surface area contributed by atoms with Gasteiger partial charge in [0, 0.05) is 71.4 Å². The van der Waals surface area contributed by atoms with Crippen LogP contribution >= 0.6 is 0 Å². The number of anilines is 1. The topological polar surface area (TPSA) is 93.3 Å². The van der Waals surface area contributed by atoms with Gasteiger partial charge in [0.2, 0.25) is 21.8 Å². The molecule has 1 aromatic carbocycles. The van der Waals surface area contributed by atoms with E-state index in [2.05, 4.69) is 22.0 Å². The second kappa shape index (κ2) is 10.7. The molecule has 3 aliphatic rings. The summed E-state index contributed by atoms with van der Waals surface area (Å²) in [4.78, 5) is 32.0. The van der Waals surface area contributed by atoms with Crippen LogP contribution in [0.1, 0.15) is 38.7 Å². The van der Waals surface area contributed by atoms with Crippen LogP contribution in [-0.4, -0.2) is 99.3 Å². The van der Waals surface area contributed by atoms with E-state index in [4.69, 9.17) is 0 Å². The molecule has 1 N–H and O–H groups in total. The SMILES string of the molecule is CCN1CCN(CCNC(=O)[C@H]2Cc3cc(S(=O)(=O)N4CCCCC4)ccc3N2C(C)=O)CC1. The third kappa shape index (κ3) is 5.30. The smallest absolute Gasteiger partial charge is 0.243 e.